The number of rotatable bonds is 6. The minimum Gasteiger partial charge on any atom is -0.497 e. The Morgan fingerprint density at radius 1 is 1.09 bits per heavy atom. The first-order valence-electron chi connectivity index (χ1n) is 6.81. The highest BCUT2D eigenvalue weighted by atomic mass is 16.6. The molecule has 0 saturated heterocycles. The number of methoxy groups -OCH3 is 2. The van der Waals surface area contributed by atoms with Crippen molar-refractivity contribution in [1.29, 1.82) is 0 Å². The largest absolute Gasteiger partial charge is 0.497 e. The summed E-state index contributed by atoms with van der Waals surface area (Å²) in [5.74, 6) is 1.34. The Bertz CT molecular complexity index is 737. The van der Waals surface area contributed by atoms with Gasteiger partial charge in [-0.05, 0) is 35.9 Å². The molecule has 2 rings (SSSR count). The van der Waals surface area contributed by atoms with Crippen LogP contribution < -0.4 is 9.47 Å². The van der Waals surface area contributed by atoms with E-state index < -0.39 is 4.92 Å². The molecule has 0 spiro atoms. The number of ether oxygens (including phenoxy) is 2. The van der Waals surface area contributed by atoms with E-state index in [1.54, 1.807) is 62.9 Å². The molecule has 0 atom stereocenters. The van der Waals surface area contributed by atoms with E-state index in [4.69, 9.17) is 9.47 Å². The standard InChI is InChI=1S/C17H16N2O4/c1-22-15-9-10-17(23-2)16(12-15)18-11-3-4-13-5-7-14(8-6-13)19(20)21/h3-12H,1-2H3/b4-3+,18-11?. The van der Waals surface area contributed by atoms with Crippen molar-refractivity contribution in [3.05, 3.63) is 64.2 Å². The lowest BCUT2D eigenvalue weighted by atomic mass is 10.2. The molecule has 0 aliphatic heterocycles. The summed E-state index contributed by atoms with van der Waals surface area (Å²) in [5.41, 5.74) is 1.57. The van der Waals surface area contributed by atoms with E-state index in [2.05, 4.69) is 4.99 Å². The average molecular weight is 312 g/mol. The third-order valence-corrected chi connectivity index (χ3v) is 3.08. The van der Waals surface area contributed by atoms with E-state index in [-0.39, 0.29) is 5.69 Å². The van der Waals surface area contributed by atoms with Gasteiger partial charge in [0.15, 0.2) is 0 Å². The van der Waals surface area contributed by atoms with Crippen molar-refractivity contribution < 1.29 is 14.4 Å². The number of aliphatic imine (C=N–C) groups is 1. The number of nitro groups is 1. The van der Waals surface area contributed by atoms with Crippen molar-refractivity contribution in [2.24, 2.45) is 4.99 Å². The number of nitro benzene ring substituents is 1. The van der Waals surface area contributed by atoms with Gasteiger partial charge in [0.1, 0.15) is 17.2 Å². The van der Waals surface area contributed by atoms with Crippen LogP contribution in [-0.2, 0) is 0 Å². The van der Waals surface area contributed by atoms with E-state index in [9.17, 15) is 10.1 Å². The number of nitrogens with zero attached hydrogens (tertiary/aromatic N) is 2. The van der Waals surface area contributed by atoms with Gasteiger partial charge in [0, 0.05) is 24.4 Å². The van der Waals surface area contributed by atoms with Gasteiger partial charge in [-0.25, -0.2) is 0 Å². The second-order valence-electron chi connectivity index (χ2n) is 4.52. The molecule has 0 unspecified atom stereocenters. The Morgan fingerprint density at radius 3 is 2.43 bits per heavy atom. The van der Waals surface area contributed by atoms with Crippen LogP contribution in [0.4, 0.5) is 11.4 Å². The molecule has 0 bridgehead atoms. The monoisotopic (exact) mass is 312 g/mol. The first-order valence-corrected chi connectivity index (χ1v) is 6.81. The van der Waals surface area contributed by atoms with Crippen LogP contribution in [0.2, 0.25) is 0 Å². The van der Waals surface area contributed by atoms with E-state index in [1.165, 1.54) is 12.1 Å². The molecule has 0 aliphatic rings. The number of hydrogen-bond donors (Lipinski definition) is 0. The Kier molecular flexibility index (Phi) is 5.46. The van der Waals surface area contributed by atoms with Gasteiger partial charge in [0.25, 0.3) is 5.69 Å². The zero-order valence-electron chi connectivity index (χ0n) is 12.8. The van der Waals surface area contributed by atoms with E-state index >= 15 is 0 Å². The molecule has 6 heteroatoms. The Labute approximate surface area is 133 Å². The summed E-state index contributed by atoms with van der Waals surface area (Å²) < 4.78 is 10.4. The molecule has 6 nitrogen and oxygen atoms in total. The molecule has 0 amide bonds. The van der Waals surface area contributed by atoms with Crippen LogP contribution >= 0.6 is 0 Å². The van der Waals surface area contributed by atoms with Crippen molar-refractivity contribution >= 4 is 23.7 Å². The van der Waals surface area contributed by atoms with Crippen LogP contribution in [0.15, 0.2) is 53.5 Å². The lowest BCUT2D eigenvalue weighted by Gasteiger charge is -2.06. The number of benzene rings is 2. The maximum Gasteiger partial charge on any atom is 0.269 e. The van der Waals surface area contributed by atoms with Crippen molar-refractivity contribution in [2.45, 2.75) is 0 Å². The summed E-state index contributed by atoms with van der Waals surface area (Å²) >= 11 is 0. The summed E-state index contributed by atoms with van der Waals surface area (Å²) in [4.78, 5) is 14.5. The first kappa shape index (κ1) is 16.2. The zero-order valence-corrected chi connectivity index (χ0v) is 12.8. The lowest BCUT2D eigenvalue weighted by Crippen LogP contribution is -1.87. The average Bonchev–Trinajstić information content (AvgIpc) is 2.58. The molecule has 0 aromatic heterocycles. The third kappa shape index (κ3) is 4.41. The van der Waals surface area contributed by atoms with E-state index in [1.807, 2.05) is 0 Å². The maximum absolute atomic E-state index is 10.6. The molecule has 2 aromatic rings. The van der Waals surface area contributed by atoms with Gasteiger partial charge in [-0.15, -0.1) is 0 Å². The zero-order chi connectivity index (χ0) is 16.7. The molecule has 23 heavy (non-hydrogen) atoms. The normalized spacial score (nSPS) is 11.0. The number of hydrogen-bond acceptors (Lipinski definition) is 5. The number of allylic oxidation sites excluding steroid dienone is 1. The van der Waals surface area contributed by atoms with Crippen molar-refractivity contribution in [3.63, 3.8) is 0 Å². The van der Waals surface area contributed by atoms with Gasteiger partial charge in [-0.3, -0.25) is 15.1 Å². The number of non-ortho nitro benzene ring substituents is 1. The Balaban J connectivity index is 2.10. The summed E-state index contributed by atoms with van der Waals surface area (Å²) in [6, 6.07) is 11.6. The lowest BCUT2D eigenvalue weighted by molar-refractivity contribution is -0.384. The fourth-order valence-electron chi connectivity index (χ4n) is 1.88. The summed E-state index contributed by atoms with van der Waals surface area (Å²) in [5, 5.41) is 10.6. The fraction of sp³-hybridized carbons (Fsp3) is 0.118. The van der Waals surface area contributed by atoms with Crippen LogP contribution in [-0.4, -0.2) is 25.4 Å². The van der Waals surface area contributed by atoms with Gasteiger partial charge >= 0.3 is 0 Å². The first-order chi connectivity index (χ1) is 11.1. The molecule has 0 heterocycles. The SMILES string of the molecule is COc1ccc(OC)c(N=C/C=C/c2ccc([N+](=O)[O-])cc2)c1. The molecule has 0 fully saturated rings. The predicted octanol–water partition coefficient (Wildman–Crippen LogP) is 4.03. The summed E-state index contributed by atoms with van der Waals surface area (Å²) in [7, 11) is 3.16. The second-order valence-corrected chi connectivity index (χ2v) is 4.52. The van der Waals surface area contributed by atoms with E-state index in [0.717, 1.165) is 5.56 Å². The van der Waals surface area contributed by atoms with Gasteiger partial charge < -0.3 is 9.47 Å². The summed E-state index contributed by atoms with van der Waals surface area (Å²) in [6.45, 7) is 0. The minimum absolute atomic E-state index is 0.0666. The minimum atomic E-state index is -0.427. The molecule has 0 saturated carbocycles. The topological polar surface area (TPSA) is 74.0 Å². The highest BCUT2D eigenvalue weighted by Gasteiger charge is 2.03. The van der Waals surface area contributed by atoms with Gasteiger partial charge in [-0.1, -0.05) is 6.08 Å². The highest BCUT2D eigenvalue weighted by molar-refractivity contribution is 5.81. The molecule has 0 radical (unpaired) electrons. The maximum atomic E-state index is 10.6. The van der Waals surface area contributed by atoms with Crippen molar-refractivity contribution in [3.8, 4) is 11.5 Å². The van der Waals surface area contributed by atoms with Gasteiger partial charge in [0.05, 0.1) is 19.1 Å². The van der Waals surface area contributed by atoms with Crippen LogP contribution in [0, 0.1) is 10.1 Å². The van der Waals surface area contributed by atoms with Crippen LogP contribution in [0.3, 0.4) is 0 Å². The second kappa shape index (κ2) is 7.74. The molecule has 0 aliphatic carbocycles. The fourth-order valence-corrected chi connectivity index (χ4v) is 1.88. The highest BCUT2D eigenvalue weighted by Crippen LogP contribution is 2.31. The van der Waals surface area contributed by atoms with Crippen LogP contribution in [0.25, 0.3) is 6.08 Å². The van der Waals surface area contributed by atoms with Gasteiger partial charge in [0.2, 0.25) is 0 Å². The van der Waals surface area contributed by atoms with Gasteiger partial charge in [-0.2, -0.15) is 0 Å². The molecular formula is C17H16N2O4. The van der Waals surface area contributed by atoms with Crippen LogP contribution in [0.1, 0.15) is 5.56 Å². The quantitative estimate of drug-likeness (QED) is 0.458. The Morgan fingerprint density at radius 2 is 1.83 bits per heavy atom. The van der Waals surface area contributed by atoms with Crippen molar-refractivity contribution in [1.82, 2.24) is 0 Å². The molecular weight excluding hydrogens is 296 g/mol. The van der Waals surface area contributed by atoms with Crippen molar-refractivity contribution in [2.75, 3.05) is 14.2 Å². The van der Waals surface area contributed by atoms with Crippen LogP contribution in [0.5, 0.6) is 11.5 Å². The van der Waals surface area contributed by atoms with E-state index in [0.29, 0.717) is 17.2 Å². The molecule has 118 valence electrons. The third-order valence-electron chi connectivity index (χ3n) is 3.08. The summed E-state index contributed by atoms with van der Waals surface area (Å²) in [6.07, 6.45) is 5.18. The predicted molar refractivity (Wildman–Crippen MR) is 89.8 cm³/mol. The molecule has 0 N–H and O–H groups in total. The smallest absolute Gasteiger partial charge is 0.269 e. The molecule has 2 aromatic carbocycles. The Hall–Kier alpha value is -3.15.